The molecular formula is C17H22N2O3. The first-order valence-electron chi connectivity index (χ1n) is 7.83. The summed E-state index contributed by atoms with van der Waals surface area (Å²) in [6.07, 6.45) is 3.43. The molecule has 1 atom stereocenters. The van der Waals surface area contributed by atoms with Gasteiger partial charge in [-0.05, 0) is 49.3 Å². The van der Waals surface area contributed by atoms with Crippen LogP contribution in [-0.4, -0.2) is 41.5 Å². The van der Waals surface area contributed by atoms with Gasteiger partial charge in [0.1, 0.15) is 0 Å². The van der Waals surface area contributed by atoms with Crippen LogP contribution in [0.2, 0.25) is 0 Å². The summed E-state index contributed by atoms with van der Waals surface area (Å²) in [6.45, 7) is 1.47. The molecule has 1 aromatic rings. The molecule has 5 nitrogen and oxygen atoms in total. The number of hydrogen-bond donors (Lipinski definition) is 2. The zero-order valence-corrected chi connectivity index (χ0v) is 12.6. The zero-order valence-electron chi connectivity index (χ0n) is 12.6. The van der Waals surface area contributed by atoms with Crippen molar-refractivity contribution in [2.24, 2.45) is 17.1 Å². The summed E-state index contributed by atoms with van der Waals surface area (Å²) in [7, 11) is 0. The smallest absolute Gasteiger partial charge is 0.248 e. The number of nitrogens with zero attached hydrogens (tertiary/aromatic N) is 1. The Kier molecular flexibility index (Phi) is 3.91. The summed E-state index contributed by atoms with van der Waals surface area (Å²) in [5, 5.41) is 9.38. The summed E-state index contributed by atoms with van der Waals surface area (Å²) in [4.78, 5) is 25.5. The van der Waals surface area contributed by atoms with Crippen molar-refractivity contribution >= 4 is 11.8 Å². The van der Waals surface area contributed by atoms with E-state index in [4.69, 9.17) is 5.73 Å². The van der Waals surface area contributed by atoms with Crippen molar-refractivity contribution in [1.82, 2.24) is 4.90 Å². The van der Waals surface area contributed by atoms with Crippen molar-refractivity contribution in [1.29, 1.82) is 0 Å². The predicted octanol–water partition coefficient (Wildman–Crippen LogP) is 0.949. The minimum Gasteiger partial charge on any atom is -0.395 e. The molecule has 22 heavy (non-hydrogen) atoms. The van der Waals surface area contributed by atoms with Crippen molar-refractivity contribution in [3.63, 3.8) is 0 Å². The van der Waals surface area contributed by atoms with Crippen LogP contribution in [0, 0.1) is 11.3 Å². The third-order valence-corrected chi connectivity index (χ3v) is 4.92. The SMILES string of the molecule is NC(=O)c1cccc(C[C@@H]2CCN(C(=O)C3(CO)CC3)C2)c1. The molecule has 0 bridgehead atoms. The highest BCUT2D eigenvalue weighted by molar-refractivity contribution is 5.92. The van der Waals surface area contributed by atoms with E-state index in [1.54, 1.807) is 6.07 Å². The maximum atomic E-state index is 12.4. The predicted molar refractivity (Wildman–Crippen MR) is 82.1 cm³/mol. The molecule has 1 aliphatic carbocycles. The van der Waals surface area contributed by atoms with E-state index >= 15 is 0 Å². The van der Waals surface area contributed by atoms with Crippen molar-refractivity contribution < 1.29 is 14.7 Å². The van der Waals surface area contributed by atoms with E-state index in [1.807, 2.05) is 23.1 Å². The Morgan fingerprint density at radius 2 is 2.14 bits per heavy atom. The summed E-state index contributed by atoms with van der Waals surface area (Å²) in [5.74, 6) is 0.105. The highest BCUT2D eigenvalue weighted by Crippen LogP contribution is 2.47. The average molecular weight is 302 g/mol. The Bertz CT molecular complexity index is 595. The fourth-order valence-electron chi connectivity index (χ4n) is 3.29. The number of carbonyl (C=O) groups excluding carboxylic acids is 2. The Balaban J connectivity index is 1.60. The van der Waals surface area contributed by atoms with Crippen LogP contribution in [-0.2, 0) is 11.2 Å². The number of likely N-dealkylation sites (tertiary alicyclic amines) is 1. The lowest BCUT2D eigenvalue weighted by Crippen LogP contribution is -2.37. The highest BCUT2D eigenvalue weighted by atomic mass is 16.3. The van der Waals surface area contributed by atoms with Crippen LogP contribution in [0.4, 0.5) is 0 Å². The Morgan fingerprint density at radius 1 is 1.36 bits per heavy atom. The molecule has 3 rings (SSSR count). The van der Waals surface area contributed by atoms with Crippen LogP contribution in [0.5, 0.6) is 0 Å². The van der Waals surface area contributed by atoms with Crippen molar-refractivity contribution in [3.8, 4) is 0 Å². The van der Waals surface area contributed by atoms with Gasteiger partial charge in [-0.25, -0.2) is 0 Å². The topological polar surface area (TPSA) is 83.6 Å². The number of rotatable bonds is 5. The van der Waals surface area contributed by atoms with E-state index in [-0.39, 0.29) is 12.5 Å². The van der Waals surface area contributed by atoms with E-state index in [2.05, 4.69) is 0 Å². The van der Waals surface area contributed by atoms with E-state index in [1.165, 1.54) is 0 Å². The lowest BCUT2D eigenvalue weighted by Gasteiger charge is -2.21. The second-order valence-corrected chi connectivity index (χ2v) is 6.61. The number of aliphatic hydroxyl groups excluding tert-OH is 1. The van der Waals surface area contributed by atoms with Gasteiger partial charge in [0.2, 0.25) is 11.8 Å². The first-order valence-corrected chi connectivity index (χ1v) is 7.83. The van der Waals surface area contributed by atoms with Gasteiger partial charge in [0.15, 0.2) is 0 Å². The molecule has 1 saturated carbocycles. The van der Waals surface area contributed by atoms with Crippen molar-refractivity contribution in [2.75, 3.05) is 19.7 Å². The number of carbonyl (C=O) groups is 2. The number of amides is 2. The molecule has 5 heteroatoms. The molecule has 1 saturated heterocycles. The molecular weight excluding hydrogens is 280 g/mol. The van der Waals surface area contributed by atoms with Gasteiger partial charge in [0.25, 0.3) is 0 Å². The van der Waals surface area contributed by atoms with Gasteiger partial charge in [0.05, 0.1) is 12.0 Å². The van der Waals surface area contributed by atoms with Gasteiger partial charge in [0, 0.05) is 18.7 Å². The first-order chi connectivity index (χ1) is 10.5. The summed E-state index contributed by atoms with van der Waals surface area (Å²) < 4.78 is 0. The van der Waals surface area contributed by atoms with Crippen molar-refractivity contribution in [3.05, 3.63) is 35.4 Å². The van der Waals surface area contributed by atoms with Crippen LogP contribution in [0.25, 0.3) is 0 Å². The lowest BCUT2D eigenvalue weighted by molar-refractivity contribution is -0.137. The minimum absolute atomic E-state index is 0.0341. The van der Waals surface area contributed by atoms with Gasteiger partial charge in [-0.3, -0.25) is 9.59 Å². The second kappa shape index (κ2) is 5.72. The van der Waals surface area contributed by atoms with Gasteiger partial charge in [-0.2, -0.15) is 0 Å². The van der Waals surface area contributed by atoms with E-state index < -0.39 is 11.3 Å². The maximum absolute atomic E-state index is 12.4. The molecule has 2 amide bonds. The highest BCUT2D eigenvalue weighted by Gasteiger charge is 2.52. The number of benzene rings is 1. The van der Waals surface area contributed by atoms with Crippen LogP contribution in [0.1, 0.15) is 35.2 Å². The fourth-order valence-corrected chi connectivity index (χ4v) is 3.29. The molecule has 0 unspecified atom stereocenters. The maximum Gasteiger partial charge on any atom is 0.248 e. The van der Waals surface area contributed by atoms with Gasteiger partial charge >= 0.3 is 0 Å². The third-order valence-electron chi connectivity index (χ3n) is 4.92. The standard InChI is InChI=1S/C17H22N2O3/c18-15(21)14-3-1-2-12(9-14)8-13-4-7-19(10-13)16(22)17(11-20)5-6-17/h1-3,9,13,20H,4-8,10-11H2,(H2,18,21)/t13-/m0/s1. The molecule has 1 aromatic carbocycles. The van der Waals surface area contributed by atoms with E-state index in [9.17, 15) is 14.7 Å². The van der Waals surface area contributed by atoms with Gasteiger partial charge < -0.3 is 15.7 Å². The summed E-state index contributed by atoms with van der Waals surface area (Å²) >= 11 is 0. The second-order valence-electron chi connectivity index (χ2n) is 6.61. The molecule has 1 aliphatic heterocycles. The number of hydrogen-bond acceptors (Lipinski definition) is 3. The number of primary amides is 1. The molecule has 0 aromatic heterocycles. The summed E-state index contributed by atoms with van der Waals surface area (Å²) in [5.41, 5.74) is 6.45. The third kappa shape index (κ3) is 2.86. The van der Waals surface area contributed by atoms with E-state index in [0.29, 0.717) is 11.5 Å². The monoisotopic (exact) mass is 302 g/mol. The molecule has 1 heterocycles. The average Bonchev–Trinajstić information content (AvgIpc) is 3.19. The summed E-state index contributed by atoms with van der Waals surface area (Å²) in [6, 6.07) is 7.39. The largest absolute Gasteiger partial charge is 0.395 e. The number of aliphatic hydroxyl groups is 1. The zero-order chi connectivity index (χ0) is 15.7. The Labute approximate surface area is 130 Å². The minimum atomic E-state index is -0.471. The molecule has 2 aliphatic rings. The molecule has 118 valence electrons. The Hall–Kier alpha value is -1.88. The first kappa shape index (κ1) is 15.0. The van der Waals surface area contributed by atoms with Gasteiger partial charge in [-0.15, -0.1) is 0 Å². The van der Waals surface area contributed by atoms with Crippen LogP contribution >= 0.6 is 0 Å². The lowest BCUT2D eigenvalue weighted by atomic mass is 9.97. The van der Waals surface area contributed by atoms with Gasteiger partial charge in [-0.1, -0.05) is 12.1 Å². The molecule has 3 N–H and O–H groups in total. The van der Waals surface area contributed by atoms with Crippen LogP contribution in [0.15, 0.2) is 24.3 Å². The van der Waals surface area contributed by atoms with Crippen LogP contribution in [0.3, 0.4) is 0 Å². The van der Waals surface area contributed by atoms with Crippen molar-refractivity contribution in [2.45, 2.75) is 25.7 Å². The fraction of sp³-hybridized carbons (Fsp3) is 0.529. The quantitative estimate of drug-likeness (QED) is 0.849. The van der Waals surface area contributed by atoms with Crippen LogP contribution < -0.4 is 5.73 Å². The van der Waals surface area contributed by atoms with E-state index in [0.717, 1.165) is 44.3 Å². The molecule has 0 spiro atoms. The Morgan fingerprint density at radius 3 is 2.77 bits per heavy atom. The molecule has 0 radical (unpaired) electrons. The number of nitrogens with two attached hydrogens (primary N) is 1. The normalized spacial score (nSPS) is 22.6. The molecule has 2 fully saturated rings.